The van der Waals surface area contributed by atoms with Gasteiger partial charge in [0.05, 0.1) is 0 Å². The molecule has 0 fully saturated rings. The Hall–Kier alpha value is 2.23. The molecule has 4 heteroatoms. The molecule has 0 aliphatic heterocycles. The fourth-order valence-electron chi connectivity index (χ4n) is 0. The number of halogens is 1. The summed E-state index contributed by atoms with van der Waals surface area (Å²) in [6.07, 6.45) is 0. The van der Waals surface area contributed by atoms with Crippen molar-refractivity contribution in [3.05, 3.63) is 0 Å². The normalized spacial score (nSPS) is 0. The minimum absolute atomic E-state index is 0. The molecule has 0 heterocycles. The zero-order chi connectivity index (χ0) is 0. The van der Waals surface area contributed by atoms with Gasteiger partial charge in [-0.3, -0.25) is 4.70 Å². The second-order valence-electron chi connectivity index (χ2n) is 0. The number of hydrogen-bond donors (Lipinski definition) is 0. The molecule has 0 unspecified atom stereocenters. The van der Waals surface area contributed by atoms with Gasteiger partial charge in [-0.1, -0.05) is 0 Å². The summed E-state index contributed by atoms with van der Waals surface area (Å²) in [5.41, 5.74) is 0. The van der Waals surface area contributed by atoms with E-state index in [0.29, 0.717) is 0 Å². The summed E-state index contributed by atoms with van der Waals surface area (Å²) >= 11 is 0. The molecule has 0 amide bonds. The van der Waals surface area contributed by atoms with Gasteiger partial charge in [-0.2, -0.15) is 0 Å². The molecule has 0 atom stereocenters. The molecule has 0 aromatic carbocycles. The van der Waals surface area contributed by atoms with Gasteiger partial charge in [-0.15, -0.1) is 0 Å². The third-order valence-electron chi connectivity index (χ3n) is 0. The molecule has 0 saturated heterocycles. The van der Waals surface area contributed by atoms with Gasteiger partial charge in [0.2, 0.25) is 0 Å². The van der Waals surface area contributed by atoms with Crippen LogP contribution in [0.25, 0.3) is 0 Å². The summed E-state index contributed by atoms with van der Waals surface area (Å²) in [5.74, 6) is 0. The number of hydrogen-bond acceptors (Lipinski definition) is 0. The van der Waals surface area contributed by atoms with Gasteiger partial charge in [0.15, 0.2) is 17.4 Å². The van der Waals surface area contributed by atoms with Crippen LogP contribution in [0.2, 0.25) is 0 Å². The van der Waals surface area contributed by atoms with Crippen LogP contribution < -0.4 is 0 Å². The van der Waals surface area contributed by atoms with Gasteiger partial charge in [0.25, 0.3) is 0 Å². The van der Waals surface area contributed by atoms with Crippen LogP contribution >= 0.6 is 0 Å². The average molecular weight is 100 g/mol. The monoisotopic (exact) mass is 100 g/mol. The van der Waals surface area contributed by atoms with E-state index in [-0.39, 0.29) is 74.7 Å². The Labute approximate surface area is 73.7 Å². The second-order valence-corrected chi connectivity index (χ2v) is 0. The first kappa shape index (κ1) is 34.3. The fourth-order valence-corrected chi connectivity index (χ4v) is 0. The van der Waals surface area contributed by atoms with Crippen molar-refractivity contribution in [2.24, 2.45) is 0 Å². The zero-order valence-corrected chi connectivity index (χ0v) is 0.408. The molecule has 0 nitrogen and oxygen atoms in total. The van der Waals surface area contributed by atoms with Gasteiger partial charge in [-0.25, -0.2) is 0 Å². The number of rotatable bonds is 0. The van der Waals surface area contributed by atoms with Crippen LogP contribution in [-0.2, 0) is 0 Å². The third-order valence-corrected chi connectivity index (χ3v) is 0. The van der Waals surface area contributed by atoms with Crippen molar-refractivity contribution in [1.29, 1.82) is 0 Å². The van der Waals surface area contributed by atoms with Crippen molar-refractivity contribution in [2.45, 2.75) is 0 Å². The fraction of sp³-hybridized carbons (Fsp3) is 0. The Kier molecular flexibility index (Phi) is 161. The topological polar surface area (TPSA) is 0 Å². The molecule has 0 bridgehead atoms. The Bertz CT molecular complexity index is 8.00. The predicted octanol–water partition coefficient (Wildman–Crippen LogP) is -2.60. The molecule has 0 saturated carbocycles. The van der Waals surface area contributed by atoms with E-state index in [1.54, 1.807) is 0 Å². The maximum atomic E-state index is 0. The molecule has 0 aromatic rings. The Balaban J connectivity index is 0. The van der Waals surface area contributed by atoms with Crippen molar-refractivity contribution in [2.75, 3.05) is 0 Å². The minimum atomic E-state index is 0. The van der Waals surface area contributed by atoms with E-state index in [2.05, 4.69) is 0 Å². The van der Waals surface area contributed by atoms with Gasteiger partial charge in [0.1, 0.15) is 0 Å². The molecule has 0 spiro atoms. The van der Waals surface area contributed by atoms with Gasteiger partial charge < -0.3 is 0 Å². The van der Waals surface area contributed by atoms with Crippen LogP contribution in [0.5, 0.6) is 0 Å². The van der Waals surface area contributed by atoms with Crippen LogP contribution in [0.15, 0.2) is 0 Å². The van der Waals surface area contributed by atoms with Gasteiger partial charge in [-0.05, 0) is 0 Å². The van der Waals surface area contributed by atoms with Crippen molar-refractivity contribution >= 4 is 70.0 Å². The van der Waals surface area contributed by atoms with E-state index in [1.807, 2.05) is 0 Å². The van der Waals surface area contributed by atoms with Crippen LogP contribution in [-0.4, -0.2) is 70.0 Å². The van der Waals surface area contributed by atoms with E-state index in [1.165, 1.54) is 0 Å². The summed E-state index contributed by atoms with van der Waals surface area (Å²) in [7, 11) is 0. The van der Waals surface area contributed by atoms with Crippen LogP contribution in [0.4, 0.5) is 4.70 Å². The first-order valence-corrected chi connectivity index (χ1v) is 0. The second kappa shape index (κ2) is 18.8. The van der Waals surface area contributed by atoms with Gasteiger partial charge in [0, 0.05) is 0 Å². The Morgan fingerprint density at radius 2 is 1.00 bits per heavy atom. The van der Waals surface area contributed by atoms with Crippen LogP contribution in [0.1, 0.15) is 0 Å². The average Bonchev–Trinajstić information content (AvgIpc) is 0. The molecular formula is H7AlFMgNa. The quantitative estimate of drug-likeness (QED) is 0.293. The summed E-state index contributed by atoms with van der Waals surface area (Å²) in [6, 6.07) is 0. The molecule has 0 aliphatic carbocycles. The third kappa shape index (κ3) is 8.87. The van der Waals surface area contributed by atoms with E-state index < -0.39 is 0 Å². The van der Waals surface area contributed by atoms with Crippen LogP contribution in [0.3, 0.4) is 0 Å². The first-order valence-electron chi connectivity index (χ1n) is 0. The molecule has 20 valence electrons. The molecule has 4 heavy (non-hydrogen) atoms. The Morgan fingerprint density at radius 3 is 1.00 bits per heavy atom. The summed E-state index contributed by atoms with van der Waals surface area (Å²) < 4.78 is 0. The van der Waals surface area contributed by atoms with Gasteiger partial charge >= 0.3 is 52.6 Å². The zero-order valence-electron chi connectivity index (χ0n) is 0.408. The molecular weight excluding hydrogens is 93.3 g/mol. The molecule has 0 aliphatic rings. The summed E-state index contributed by atoms with van der Waals surface area (Å²) in [5, 5.41) is 0. The van der Waals surface area contributed by atoms with E-state index in [9.17, 15) is 0 Å². The molecule has 0 rings (SSSR count). The van der Waals surface area contributed by atoms with E-state index in [4.69, 9.17) is 0 Å². The van der Waals surface area contributed by atoms with E-state index >= 15 is 0 Å². The van der Waals surface area contributed by atoms with Crippen molar-refractivity contribution < 1.29 is 4.70 Å². The Morgan fingerprint density at radius 1 is 1.00 bits per heavy atom. The van der Waals surface area contributed by atoms with E-state index in [0.717, 1.165) is 0 Å². The molecule has 0 aromatic heterocycles. The van der Waals surface area contributed by atoms with Crippen LogP contribution in [0, 0.1) is 0 Å². The maximum absolute atomic E-state index is 0. The summed E-state index contributed by atoms with van der Waals surface area (Å²) in [6.45, 7) is 0. The predicted molar refractivity (Wildman–Crippen MR) is 28.1 cm³/mol. The standard InChI is InChI=1S/Al.FH.Mg.Na.6H/h;1H;;;;;;;;. The molecule has 0 N–H and O–H groups in total. The SMILES string of the molecule is F.[AlH3].[MgH2].[NaH]. The first-order chi connectivity index (χ1) is 0. The summed E-state index contributed by atoms with van der Waals surface area (Å²) in [4.78, 5) is 0. The van der Waals surface area contributed by atoms with Crippen molar-refractivity contribution in [1.82, 2.24) is 0 Å². The van der Waals surface area contributed by atoms with Crippen molar-refractivity contribution in [3.63, 3.8) is 0 Å². The molecule has 0 radical (unpaired) electrons. The van der Waals surface area contributed by atoms with Crippen molar-refractivity contribution in [3.8, 4) is 0 Å².